The van der Waals surface area contributed by atoms with E-state index in [-0.39, 0.29) is 6.09 Å². The van der Waals surface area contributed by atoms with E-state index in [1.807, 2.05) is 18.9 Å². The normalized spacial score (nSPS) is 31.5. The lowest BCUT2D eigenvalue weighted by atomic mass is 9.86. The Bertz CT molecular complexity index is 209. The maximum atomic E-state index is 11.6. The number of rotatable bonds is 2. The fourth-order valence-corrected chi connectivity index (χ4v) is 2.49. The van der Waals surface area contributed by atoms with Crippen LogP contribution in [0.2, 0.25) is 0 Å². The Balaban J connectivity index is 2.56. The number of likely N-dealkylation sites (tertiary alicyclic amines) is 1. The van der Waals surface area contributed by atoms with Gasteiger partial charge in [0.15, 0.2) is 0 Å². The molecule has 0 aromatic heterocycles. The molecule has 0 radical (unpaired) electrons. The number of nitrogens with one attached hydrogen (secondary N) is 1. The number of hydrogen-bond donors (Lipinski definition) is 1. The van der Waals surface area contributed by atoms with Crippen molar-refractivity contribution in [2.45, 2.75) is 26.8 Å². The molecule has 2 unspecified atom stereocenters. The molecule has 1 aliphatic rings. The second kappa shape index (κ2) is 5.35. The molecule has 4 heteroatoms. The molecule has 4 nitrogen and oxygen atoms in total. The molecule has 1 aliphatic heterocycles. The van der Waals surface area contributed by atoms with Crippen LogP contribution >= 0.6 is 0 Å². The Kier molecular flexibility index (Phi) is 4.39. The topological polar surface area (TPSA) is 41.6 Å². The van der Waals surface area contributed by atoms with Crippen LogP contribution in [0.5, 0.6) is 0 Å². The minimum absolute atomic E-state index is 0.175. The van der Waals surface area contributed by atoms with Gasteiger partial charge in [0.05, 0.1) is 6.61 Å². The van der Waals surface area contributed by atoms with E-state index in [1.54, 1.807) is 0 Å². The number of hydrogen-bond acceptors (Lipinski definition) is 3. The van der Waals surface area contributed by atoms with Crippen LogP contribution in [0, 0.1) is 11.8 Å². The van der Waals surface area contributed by atoms with E-state index in [0.29, 0.717) is 24.5 Å². The van der Waals surface area contributed by atoms with Gasteiger partial charge in [-0.1, -0.05) is 13.8 Å². The Morgan fingerprint density at radius 2 is 1.93 bits per heavy atom. The van der Waals surface area contributed by atoms with Crippen LogP contribution in [0.15, 0.2) is 0 Å². The van der Waals surface area contributed by atoms with Crippen molar-refractivity contribution >= 4 is 6.09 Å². The van der Waals surface area contributed by atoms with Gasteiger partial charge in [0, 0.05) is 19.1 Å². The molecular formula is C11H22N2O2. The minimum Gasteiger partial charge on any atom is -0.450 e. The summed E-state index contributed by atoms with van der Waals surface area (Å²) in [6, 6.07) is 0.496. The van der Waals surface area contributed by atoms with Crippen LogP contribution in [-0.4, -0.2) is 43.8 Å². The summed E-state index contributed by atoms with van der Waals surface area (Å²) in [4.78, 5) is 13.4. The summed E-state index contributed by atoms with van der Waals surface area (Å²) >= 11 is 0. The van der Waals surface area contributed by atoms with Gasteiger partial charge >= 0.3 is 6.09 Å². The minimum atomic E-state index is -0.175. The van der Waals surface area contributed by atoms with Crippen LogP contribution in [0.3, 0.4) is 0 Å². The van der Waals surface area contributed by atoms with Crippen molar-refractivity contribution < 1.29 is 9.53 Å². The highest BCUT2D eigenvalue weighted by Crippen LogP contribution is 2.22. The lowest BCUT2D eigenvalue weighted by Gasteiger charge is -2.40. The van der Waals surface area contributed by atoms with E-state index in [2.05, 4.69) is 19.2 Å². The molecule has 2 atom stereocenters. The van der Waals surface area contributed by atoms with Crippen molar-refractivity contribution in [3.8, 4) is 0 Å². The van der Waals surface area contributed by atoms with Gasteiger partial charge in [-0.2, -0.15) is 0 Å². The monoisotopic (exact) mass is 214 g/mol. The second-order valence-corrected chi connectivity index (χ2v) is 4.37. The molecule has 0 saturated carbocycles. The van der Waals surface area contributed by atoms with Crippen molar-refractivity contribution in [3.05, 3.63) is 0 Å². The van der Waals surface area contributed by atoms with Gasteiger partial charge in [-0.3, -0.25) is 0 Å². The summed E-state index contributed by atoms with van der Waals surface area (Å²) in [6.45, 7) is 8.20. The van der Waals surface area contributed by atoms with Crippen molar-refractivity contribution in [2.75, 3.05) is 26.7 Å². The van der Waals surface area contributed by atoms with Gasteiger partial charge in [0.25, 0.3) is 0 Å². The fourth-order valence-electron chi connectivity index (χ4n) is 2.49. The molecule has 1 N–H and O–H groups in total. The summed E-state index contributed by atoms with van der Waals surface area (Å²) in [5.41, 5.74) is 0. The van der Waals surface area contributed by atoms with Crippen LogP contribution in [0.4, 0.5) is 4.79 Å². The Morgan fingerprint density at radius 1 is 1.40 bits per heavy atom. The number of carbonyl (C=O) groups is 1. The maximum absolute atomic E-state index is 11.6. The second-order valence-electron chi connectivity index (χ2n) is 4.37. The molecule has 1 rings (SSSR count). The summed E-state index contributed by atoms with van der Waals surface area (Å²) in [7, 11) is 1.98. The van der Waals surface area contributed by atoms with Gasteiger partial charge in [-0.25, -0.2) is 4.79 Å². The highest BCUT2D eigenvalue weighted by Gasteiger charge is 2.33. The first-order chi connectivity index (χ1) is 7.10. The van der Waals surface area contributed by atoms with Crippen LogP contribution in [0.1, 0.15) is 20.8 Å². The molecule has 1 fully saturated rings. The van der Waals surface area contributed by atoms with E-state index >= 15 is 0 Å². The lowest BCUT2D eigenvalue weighted by molar-refractivity contribution is 0.0652. The molecule has 0 spiro atoms. The van der Waals surface area contributed by atoms with Crippen molar-refractivity contribution in [1.82, 2.24) is 10.2 Å². The van der Waals surface area contributed by atoms with E-state index < -0.39 is 0 Å². The molecule has 88 valence electrons. The van der Waals surface area contributed by atoms with E-state index in [1.165, 1.54) is 0 Å². The van der Waals surface area contributed by atoms with Crippen LogP contribution < -0.4 is 5.32 Å². The van der Waals surface area contributed by atoms with Gasteiger partial charge in [-0.15, -0.1) is 0 Å². The molecule has 15 heavy (non-hydrogen) atoms. The summed E-state index contributed by atoms with van der Waals surface area (Å²) in [5, 5.41) is 3.32. The Morgan fingerprint density at radius 3 is 2.33 bits per heavy atom. The van der Waals surface area contributed by atoms with Crippen LogP contribution in [0.25, 0.3) is 0 Å². The molecule has 0 aliphatic carbocycles. The average molecular weight is 214 g/mol. The first kappa shape index (κ1) is 12.3. The molecule has 1 saturated heterocycles. The van der Waals surface area contributed by atoms with Crippen molar-refractivity contribution in [2.24, 2.45) is 11.8 Å². The molecule has 0 aromatic rings. The largest absolute Gasteiger partial charge is 0.450 e. The van der Waals surface area contributed by atoms with Gasteiger partial charge in [0.2, 0.25) is 0 Å². The number of carbonyl (C=O) groups excluding carboxylic acids is 1. The first-order valence-corrected chi connectivity index (χ1v) is 5.69. The summed E-state index contributed by atoms with van der Waals surface area (Å²) < 4.78 is 5.01. The molecule has 0 bridgehead atoms. The third kappa shape index (κ3) is 2.84. The zero-order valence-electron chi connectivity index (χ0n) is 10.1. The van der Waals surface area contributed by atoms with Crippen molar-refractivity contribution in [3.63, 3.8) is 0 Å². The molecular weight excluding hydrogens is 192 g/mol. The number of ether oxygens (including phenoxy) is 1. The number of amides is 1. The van der Waals surface area contributed by atoms with Gasteiger partial charge in [-0.05, 0) is 25.8 Å². The predicted molar refractivity (Wildman–Crippen MR) is 59.8 cm³/mol. The molecule has 0 aromatic carbocycles. The van der Waals surface area contributed by atoms with E-state index in [0.717, 1.165) is 13.1 Å². The first-order valence-electron chi connectivity index (χ1n) is 5.69. The summed E-state index contributed by atoms with van der Waals surface area (Å²) in [5.74, 6) is 0.950. The number of piperidine rings is 1. The smallest absolute Gasteiger partial charge is 0.409 e. The average Bonchev–Trinajstić information content (AvgIpc) is 2.17. The SMILES string of the molecule is CCOC(=O)N1CC(C)C(NC)C(C)C1. The Labute approximate surface area is 92.0 Å². The highest BCUT2D eigenvalue weighted by atomic mass is 16.6. The molecule has 1 heterocycles. The number of nitrogens with zero attached hydrogens (tertiary/aromatic N) is 1. The van der Waals surface area contributed by atoms with Crippen molar-refractivity contribution in [1.29, 1.82) is 0 Å². The third-order valence-electron chi connectivity index (χ3n) is 3.10. The predicted octanol–water partition coefficient (Wildman–Crippen LogP) is 1.32. The molecule has 1 amide bonds. The standard InChI is InChI=1S/C11H22N2O2/c1-5-15-11(14)13-6-8(2)10(12-4)9(3)7-13/h8-10,12H,5-7H2,1-4H3. The highest BCUT2D eigenvalue weighted by molar-refractivity contribution is 5.67. The lowest BCUT2D eigenvalue weighted by Crippen LogP contribution is -2.54. The zero-order chi connectivity index (χ0) is 11.4. The third-order valence-corrected chi connectivity index (χ3v) is 3.10. The zero-order valence-corrected chi connectivity index (χ0v) is 10.1. The van der Waals surface area contributed by atoms with E-state index in [4.69, 9.17) is 4.74 Å². The fraction of sp³-hybridized carbons (Fsp3) is 0.909. The van der Waals surface area contributed by atoms with Gasteiger partial charge in [0.1, 0.15) is 0 Å². The quantitative estimate of drug-likeness (QED) is 0.753. The van der Waals surface area contributed by atoms with E-state index in [9.17, 15) is 4.79 Å². The van der Waals surface area contributed by atoms with Crippen LogP contribution in [-0.2, 0) is 4.74 Å². The van der Waals surface area contributed by atoms with Gasteiger partial charge < -0.3 is 15.0 Å². The Hall–Kier alpha value is -0.770. The maximum Gasteiger partial charge on any atom is 0.409 e. The summed E-state index contributed by atoms with van der Waals surface area (Å²) in [6.07, 6.45) is -0.175.